The quantitative estimate of drug-likeness (QED) is 0.653. The molecule has 2 nitrogen and oxygen atoms in total. The standard InChI is InChI=1S/C13H9F3N2/c14-10-5-9(6-11(15)7-10)8-17-18-13-4-2-1-3-12(13)16/h1-8,18H/b17-8+. The van der Waals surface area contributed by atoms with Crippen LogP contribution >= 0.6 is 0 Å². The molecule has 0 amide bonds. The van der Waals surface area contributed by atoms with Crippen molar-refractivity contribution in [2.45, 2.75) is 0 Å². The van der Waals surface area contributed by atoms with Gasteiger partial charge in [0.25, 0.3) is 0 Å². The van der Waals surface area contributed by atoms with E-state index in [-0.39, 0.29) is 11.3 Å². The number of para-hydroxylation sites is 1. The average molecular weight is 250 g/mol. The molecule has 0 spiro atoms. The van der Waals surface area contributed by atoms with Crippen molar-refractivity contribution in [3.05, 3.63) is 65.5 Å². The van der Waals surface area contributed by atoms with Gasteiger partial charge in [0.2, 0.25) is 0 Å². The molecular formula is C13H9F3N2. The Morgan fingerprint density at radius 3 is 2.28 bits per heavy atom. The van der Waals surface area contributed by atoms with Crippen LogP contribution in [0.5, 0.6) is 0 Å². The Hall–Kier alpha value is -2.30. The van der Waals surface area contributed by atoms with E-state index in [9.17, 15) is 13.2 Å². The molecule has 0 heterocycles. The SMILES string of the molecule is Fc1cc(F)cc(/C=N/Nc2ccccc2F)c1. The van der Waals surface area contributed by atoms with Crippen LogP contribution in [0.3, 0.4) is 0 Å². The third-order valence-corrected chi connectivity index (χ3v) is 2.16. The van der Waals surface area contributed by atoms with Crippen LogP contribution in [0, 0.1) is 17.5 Å². The maximum atomic E-state index is 13.2. The highest BCUT2D eigenvalue weighted by molar-refractivity contribution is 5.80. The highest BCUT2D eigenvalue weighted by Crippen LogP contribution is 2.12. The molecule has 5 heteroatoms. The summed E-state index contributed by atoms with van der Waals surface area (Å²) in [6.45, 7) is 0. The van der Waals surface area contributed by atoms with Gasteiger partial charge in [0.15, 0.2) is 0 Å². The van der Waals surface area contributed by atoms with Crippen LogP contribution in [0.15, 0.2) is 47.6 Å². The van der Waals surface area contributed by atoms with E-state index in [0.717, 1.165) is 18.2 Å². The topological polar surface area (TPSA) is 24.4 Å². The minimum absolute atomic E-state index is 0.186. The van der Waals surface area contributed by atoms with E-state index in [1.165, 1.54) is 18.3 Å². The summed E-state index contributed by atoms with van der Waals surface area (Å²) in [5.74, 6) is -1.84. The van der Waals surface area contributed by atoms with Gasteiger partial charge in [-0.1, -0.05) is 12.1 Å². The molecule has 2 aromatic rings. The zero-order valence-corrected chi connectivity index (χ0v) is 9.20. The summed E-state index contributed by atoms with van der Waals surface area (Å²) >= 11 is 0. The number of hydrogen-bond acceptors (Lipinski definition) is 2. The van der Waals surface area contributed by atoms with Gasteiger partial charge in [-0.15, -0.1) is 0 Å². The number of hydrogen-bond donors (Lipinski definition) is 1. The molecule has 0 bridgehead atoms. The summed E-state index contributed by atoms with van der Waals surface area (Å²) in [5, 5.41) is 3.71. The van der Waals surface area contributed by atoms with Gasteiger partial charge < -0.3 is 0 Å². The molecule has 0 saturated carbocycles. The van der Waals surface area contributed by atoms with Crippen molar-refractivity contribution in [1.82, 2.24) is 0 Å². The van der Waals surface area contributed by atoms with Gasteiger partial charge in [0, 0.05) is 11.6 Å². The molecule has 18 heavy (non-hydrogen) atoms. The Bertz CT molecular complexity index is 562. The fourth-order valence-electron chi connectivity index (χ4n) is 1.38. The molecular weight excluding hydrogens is 241 g/mol. The summed E-state index contributed by atoms with van der Waals surface area (Å²) in [6, 6.07) is 8.97. The van der Waals surface area contributed by atoms with Crippen LogP contribution in [0.2, 0.25) is 0 Å². The predicted molar refractivity (Wildman–Crippen MR) is 64.0 cm³/mol. The van der Waals surface area contributed by atoms with Gasteiger partial charge in [-0.3, -0.25) is 5.43 Å². The van der Waals surface area contributed by atoms with E-state index in [2.05, 4.69) is 10.5 Å². The Morgan fingerprint density at radius 2 is 1.61 bits per heavy atom. The molecule has 0 aliphatic heterocycles. The van der Waals surface area contributed by atoms with Crippen molar-refractivity contribution in [3.63, 3.8) is 0 Å². The highest BCUT2D eigenvalue weighted by atomic mass is 19.1. The lowest BCUT2D eigenvalue weighted by molar-refractivity contribution is 0.583. The first-order valence-corrected chi connectivity index (χ1v) is 5.15. The molecule has 1 N–H and O–H groups in total. The van der Waals surface area contributed by atoms with E-state index in [4.69, 9.17) is 0 Å². The fourth-order valence-corrected chi connectivity index (χ4v) is 1.38. The summed E-state index contributed by atoms with van der Waals surface area (Å²) in [4.78, 5) is 0. The largest absolute Gasteiger partial charge is 0.276 e. The van der Waals surface area contributed by atoms with Crippen LogP contribution in [-0.4, -0.2) is 6.21 Å². The van der Waals surface area contributed by atoms with Gasteiger partial charge in [0.1, 0.15) is 17.5 Å². The van der Waals surface area contributed by atoms with Crippen molar-refractivity contribution in [2.75, 3.05) is 5.43 Å². The Kier molecular flexibility index (Phi) is 3.62. The van der Waals surface area contributed by atoms with Crippen molar-refractivity contribution < 1.29 is 13.2 Å². The first-order chi connectivity index (χ1) is 8.65. The molecule has 0 aliphatic rings. The number of nitrogens with zero attached hydrogens (tertiary/aromatic N) is 1. The van der Waals surface area contributed by atoms with Crippen LogP contribution in [0.25, 0.3) is 0 Å². The molecule has 92 valence electrons. The second kappa shape index (κ2) is 5.35. The predicted octanol–water partition coefficient (Wildman–Crippen LogP) is 3.55. The van der Waals surface area contributed by atoms with E-state index < -0.39 is 17.5 Å². The molecule has 0 radical (unpaired) electrons. The highest BCUT2D eigenvalue weighted by Gasteiger charge is 1.99. The molecule has 0 atom stereocenters. The molecule has 2 aromatic carbocycles. The van der Waals surface area contributed by atoms with E-state index >= 15 is 0 Å². The van der Waals surface area contributed by atoms with Crippen LogP contribution < -0.4 is 5.43 Å². The Morgan fingerprint density at radius 1 is 0.944 bits per heavy atom. The zero-order chi connectivity index (χ0) is 13.0. The molecule has 0 aromatic heterocycles. The van der Waals surface area contributed by atoms with Crippen LogP contribution in [0.4, 0.5) is 18.9 Å². The lowest BCUT2D eigenvalue weighted by Crippen LogP contribution is -1.94. The normalized spacial score (nSPS) is 10.8. The fraction of sp³-hybridized carbons (Fsp3) is 0. The first-order valence-electron chi connectivity index (χ1n) is 5.15. The van der Waals surface area contributed by atoms with E-state index in [1.807, 2.05) is 0 Å². The number of nitrogens with one attached hydrogen (secondary N) is 1. The van der Waals surface area contributed by atoms with E-state index in [1.54, 1.807) is 12.1 Å². The Labute approximate surface area is 102 Å². The molecule has 0 fully saturated rings. The van der Waals surface area contributed by atoms with Crippen molar-refractivity contribution in [2.24, 2.45) is 5.10 Å². The first kappa shape index (κ1) is 12.2. The molecule has 0 saturated heterocycles. The van der Waals surface area contributed by atoms with Gasteiger partial charge in [-0.25, -0.2) is 13.2 Å². The number of halogens is 3. The van der Waals surface area contributed by atoms with Crippen LogP contribution in [-0.2, 0) is 0 Å². The van der Waals surface area contributed by atoms with Gasteiger partial charge in [0.05, 0.1) is 11.9 Å². The second-order valence-corrected chi connectivity index (χ2v) is 3.55. The minimum atomic E-state index is -0.692. The number of benzene rings is 2. The third kappa shape index (κ3) is 3.10. The maximum Gasteiger partial charge on any atom is 0.148 e. The van der Waals surface area contributed by atoms with E-state index in [0.29, 0.717) is 0 Å². The average Bonchev–Trinajstić information content (AvgIpc) is 2.30. The maximum absolute atomic E-state index is 13.2. The zero-order valence-electron chi connectivity index (χ0n) is 9.20. The van der Waals surface area contributed by atoms with Gasteiger partial charge >= 0.3 is 0 Å². The van der Waals surface area contributed by atoms with Crippen LogP contribution in [0.1, 0.15) is 5.56 Å². The lowest BCUT2D eigenvalue weighted by atomic mass is 10.2. The number of rotatable bonds is 3. The van der Waals surface area contributed by atoms with Crippen molar-refractivity contribution in [3.8, 4) is 0 Å². The Balaban J connectivity index is 2.10. The monoisotopic (exact) mass is 250 g/mol. The summed E-state index contributed by atoms with van der Waals surface area (Å²) in [7, 11) is 0. The minimum Gasteiger partial charge on any atom is -0.276 e. The molecule has 2 rings (SSSR count). The van der Waals surface area contributed by atoms with Crippen molar-refractivity contribution in [1.29, 1.82) is 0 Å². The third-order valence-electron chi connectivity index (χ3n) is 2.16. The van der Waals surface area contributed by atoms with Gasteiger partial charge in [-0.2, -0.15) is 5.10 Å². The number of hydrazone groups is 1. The molecule has 0 aliphatic carbocycles. The summed E-state index contributed by atoms with van der Waals surface area (Å²) < 4.78 is 38.9. The smallest absolute Gasteiger partial charge is 0.148 e. The summed E-state index contributed by atoms with van der Waals surface area (Å²) in [6.07, 6.45) is 1.21. The number of anilines is 1. The molecule has 0 unspecified atom stereocenters. The van der Waals surface area contributed by atoms with Gasteiger partial charge in [-0.05, 0) is 24.3 Å². The lowest BCUT2D eigenvalue weighted by Gasteiger charge is -2.00. The van der Waals surface area contributed by atoms with Crippen molar-refractivity contribution >= 4 is 11.9 Å². The summed E-state index contributed by atoms with van der Waals surface area (Å²) in [5.41, 5.74) is 2.88. The second-order valence-electron chi connectivity index (χ2n) is 3.55.